The predicted molar refractivity (Wildman–Crippen MR) is 134 cm³/mol. The van der Waals surface area contributed by atoms with E-state index >= 15 is 0 Å². The van der Waals surface area contributed by atoms with Gasteiger partial charge in [-0.25, -0.2) is 0 Å². The minimum absolute atomic E-state index is 0.00484. The van der Waals surface area contributed by atoms with Gasteiger partial charge in [-0.1, -0.05) is 18.2 Å². The number of nitrogens with zero attached hydrogens (tertiary/aromatic N) is 2. The Morgan fingerprint density at radius 2 is 1.97 bits per heavy atom. The average molecular weight is 475 g/mol. The van der Waals surface area contributed by atoms with Gasteiger partial charge < -0.3 is 9.64 Å². The summed E-state index contributed by atoms with van der Waals surface area (Å²) < 4.78 is 5.63. The fourth-order valence-corrected chi connectivity index (χ4v) is 5.46. The third-order valence-electron chi connectivity index (χ3n) is 7.58. The van der Waals surface area contributed by atoms with E-state index in [0.717, 1.165) is 55.1 Å². The number of carbonyl (C=O) groups excluding carboxylic acids is 3. The van der Waals surface area contributed by atoms with Crippen LogP contribution in [-0.2, 0) is 20.8 Å². The Hall–Kier alpha value is -3.02. The molecule has 184 valence electrons. The van der Waals surface area contributed by atoms with Gasteiger partial charge in [0.15, 0.2) is 5.78 Å². The van der Waals surface area contributed by atoms with Gasteiger partial charge in [-0.05, 0) is 50.7 Å². The van der Waals surface area contributed by atoms with E-state index in [2.05, 4.69) is 9.89 Å². The van der Waals surface area contributed by atoms with Gasteiger partial charge in [0.25, 0.3) is 0 Å². The number of rotatable bonds is 10. The predicted octanol–water partition coefficient (Wildman–Crippen LogP) is 4.48. The molecule has 2 unspecified atom stereocenters. The van der Waals surface area contributed by atoms with Crippen molar-refractivity contribution in [3.8, 4) is 5.75 Å². The first-order valence-electron chi connectivity index (χ1n) is 13.0. The monoisotopic (exact) mass is 474 g/mol. The Kier molecular flexibility index (Phi) is 6.98. The molecule has 0 bridgehead atoms. The number of ether oxygens (including phenoxy) is 1. The zero-order valence-corrected chi connectivity index (χ0v) is 20.5. The molecule has 0 N–H and O–H groups in total. The van der Waals surface area contributed by atoms with Crippen molar-refractivity contribution in [2.45, 2.75) is 58.3 Å². The maximum atomic E-state index is 13.3. The number of carbonyl (C=O) groups is 3. The molecule has 35 heavy (non-hydrogen) atoms. The van der Waals surface area contributed by atoms with E-state index in [4.69, 9.17) is 4.74 Å². The Balaban J connectivity index is 1.17. The number of para-hydroxylation sites is 1. The molecule has 1 saturated heterocycles. The third kappa shape index (κ3) is 5.47. The van der Waals surface area contributed by atoms with Gasteiger partial charge in [-0.15, -0.1) is 0 Å². The summed E-state index contributed by atoms with van der Waals surface area (Å²) in [6.45, 7) is 4.12. The van der Waals surface area contributed by atoms with E-state index in [1.807, 2.05) is 37.3 Å². The maximum Gasteiger partial charge on any atom is 0.170 e. The molecule has 1 aromatic rings. The van der Waals surface area contributed by atoms with Crippen LogP contribution in [0.5, 0.6) is 5.75 Å². The number of hydrogen-bond donors (Lipinski definition) is 0. The first-order chi connectivity index (χ1) is 17.0. The van der Waals surface area contributed by atoms with Crippen molar-refractivity contribution in [3.63, 3.8) is 0 Å². The van der Waals surface area contributed by atoms with Crippen molar-refractivity contribution in [3.05, 3.63) is 52.9 Å². The van der Waals surface area contributed by atoms with Gasteiger partial charge in [0.2, 0.25) is 0 Å². The molecule has 1 aromatic carbocycles. The van der Waals surface area contributed by atoms with Gasteiger partial charge in [-0.3, -0.25) is 19.4 Å². The Morgan fingerprint density at radius 1 is 1.14 bits per heavy atom. The van der Waals surface area contributed by atoms with E-state index in [1.54, 1.807) is 6.21 Å². The summed E-state index contributed by atoms with van der Waals surface area (Å²) >= 11 is 0. The highest BCUT2D eigenvalue weighted by Crippen LogP contribution is 2.37. The van der Waals surface area contributed by atoms with Crippen LogP contribution in [0.4, 0.5) is 0 Å². The topological polar surface area (TPSA) is 76.0 Å². The molecule has 6 heteroatoms. The second-order valence-corrected chi connectivity index (χ2v) is 10.3. The van der Waals surface area contributed by atoms with Crippen LogP contribution in [0.25, 0.3) is 0 Å². The summed E-state index contributed by atoms with van der Waals surface area (Å²) in [7, 11) is 0. The molecule has 1 saturated carbocycles. The van der Waals surface area contributed by atoms with E-state index in [1.165, 1.54) is 12.8 Å². The zero-order valence-electron chi connectivity index (χ0n) is 20.5. The number of aliphatic imine (C=N–C) groups is 1. The van der Waals surface area contributed by atoms with E-state index < -0.39 is 5.92 Å². The van der Waals surface area contributed by atoms with E-state index in [0.29, 0.717) is 30.3 Å². The van der Waals surface area contributed by atoms with Crippen LogP contribution < -0.4 is 4.74 Å². The highest BCUT2D eigenvalue weighted by Gasteiger charge is 2.36. The van der Waals surface area contributed by atoms with Crippen LogP contribution in [0.15, 0.2) is 52.3 Å². The largest absolute Gasteiger partial charge is 0.494 e. The molecule has 2 aliphatic heterocycles. The molecule has 2 heterocycles. The highest BCUT2D eigenvalue weighted by atomic mass is 16.5. The Labute approximate surface area is 207 Å². The molecule has 2 aliphatic carbocycles. The van der Waals surface area contributed by atoms with Gasteiger partial charge in [-0.2, -0.15) is 0 Å². The molecule has 0 radical (unpaired) electrons. The zero-order chi connectivity index (χ0) is 24.4. The van der Waals surface area contributed by atoms with Gasteiger partial charge in [0.1, 0.15) is 17.3 Å². The van der Waals surface area contributed by atoms with E-state index in [9.17, 15) is 14.4 Å². The standard InChI is InChI=1S/C29H34N2O4/c1-2-35-28-8-4-3-6-20(28)13-24(32)14-22-17-30-26-16-23(15-25(26)29(22)34)31-11-5-7-21(18-31)27(33)12-19-9-10-19/h3-4,6,8,16-17,19,21-22H,2,5,7,9-15,18H2,1H3. The number of hydrogen-bond acceptors (Lipinski definition) is 6. The summed E-state index contributed by atoms with van der Waals surface area (Å²) in [5.74, 6) is 1.35. The summed E-state index contributed by atoms with van der Waals surface area (Å²) in [6, 6.07) is 7.55. The molecule has 0 spiro atoms. The lowest BCUT2D eigenvalue weighted by molar-refractivity contribution is -0.124. The minimum atomic E-state index is -0.512. The second-order valence-electron chi connectivity index (χ2n) is 10.3. The molecule has 2 fully saturated rings. The SMILES string of the molecule is CCOc1ccccc1CC(=O)CC1C=NC2=C(CC(N3CCCC(C(=O)CC4CC4)C3)=C2)C1=O. The van der Waals surface area contributed by atoms with Crippen molar-refractivity contribution >= 4 is 23.6 Å². The van der Waals surface area contributed by atoms with Crippen molar-refractivity contribution in [1.29, 1.82) is 0 Å². The average Bonchev–Trinajstić information content (AvgIpc) is 3.56. The molecule has 0 amide bonds. The summed E-state index contributed by atoms with van der Waals surface area (Å²) in [6.07, 6.45) is 9.70. The number of ketones is 3. The van der Waals surface area contributed by atoms with Gasteiger partial charge >= 0.3 is 0 Å². The molecular formula is C29H34N2O4. The van der Waals surface area contributed by atoms with Gasteiger partial charge in [0.05, 0.1) is 18.2 Å². The first-order valence-corrected chi connectivity index (χ1v) is 13.0. The van der Waals surface area contributed by atoms with Crippen LogP contribution in [0.1, 0.15) is 57.4 Å². The fraction of sp³-hybridized carbons (Fsp3) is 0.517. The second kappa shape index (κ2) is 10.3. The van der Waals surface area contributed by atoms with Crippen molar-refractivity contribution in [2.24, 2.45) is 22.7 Å². The smallest absolute Gasteiger partial charge is 0.170 e. The first kappa shape index (κ1) is 23.7. The fourth-order valence-electron chi connectivity index (χ4n) is 5.46. The molecule has 2 atom stereocenters. The number of benzene rings is 1. The number of allylic oxidation sites excluding steroid dienone is 2. The molecule has 5 rings (SSSR count). The maximum absolute atomic E-state index is 13.3. The van der Waals surface area contributed by atoms with Crippen LogP contribution in [0, 0.1) is 17.8 Å². The van der Waals surface area contributed by atoms with Crippen LogP contribution >= 0.6 is 0 Å². The van der Waals surface area contributed by atoms with Crippen molar-refractivity contribution < 1.29 is 19.1 Å². The number of Topliss-reactive ketones (excluding diaryl/α,β-unsaturated/α-hetero) is 3. The Morgan fingerprint density at radius 3 is 2.77 bits per heavy atom. The molecule has 6 nitrogen and oxygen atoms in total. The van der Waals surface area contributed by atoms with Crippen LogP contribution in [0.2, 0.25) is 0 Å². The van der Waals surface area contributed by atoms with Crippen LogP contribution in [0.3, 0.4) is 0 Å². The quantitative estimate of drug-likeness (QED) is 0.500. The molecular weight excluding hydrogens is 440 g/mol. The Bertz CT molecular complexity index is 1110. The normalized spacial score (nSPS) is 23.9. The highest BCUT2D eigenvalue weighted by molar-refractivity contribution is 6.11. The molecule has 4 aliphatic rings. The van der Waals surface area contributed by atoms with Crippen molar-refractivity contribution in [2.75, 3.05) is 19.7 Å². The van der Waals surface area contributed by atoms with Gasteiger partial charge in [0, 0.05) is 67.7 Å². The summed E-state index contributed by atoms with van der Waals surface area (Å²) in [5, 5.41) is 0. The third-order valence-corrected chi connectivity index (χ3v) is 7.58. The molecule has 0 aromatic heterocycles. The lowest BCUT2D eigenvalue weighted by Gasteiger charge is -2.34. The van der Waals surface area contributed by atoms with Crippen LogP contribution in [-0.4, -0.2) is 48.2 Å². The number of piperidine rings is 1. The lowest BCUT2D eigenvalue weighted by Crippen LogP contribution is -2.38. The lowest BCUT2D eigenvalue weighted by atomic mass is 9.88. The van der Waals surface area contributed by atoms with Crippen molar-refractivity contribution in [1.82, 2.24) is 4.90 Å². The minimum Gasteiger partial charge on any atom is -0.494 e. The summed E-state index contributed by atoms with van der Waals surface area (Å²) in [5.41, 5.74) is 3.37. The number of likely N-dealkylation sites (tertiary alicyclic amines) is 1. The summed E-state index contributed by atoms with van der Waals surface area (Å²) in [4.78, 5) is 45.6. The van der Waals surface area contributed by atoms with E-state index in [-0.39, 0.29) is 30.3 Å².